The van der Waals surface area contributed by atoms with Crippen molar-refractivity contribution < 1.29 is 0 Å². The number of fused-ring (bicyclic) bond motifs is 1. The van der Waals surface area contributed by atoms with Crippen molar-refractivity contribution in [2.24, 2.45) is 0 Å². The SMILES string of the molecule is CCCC(CC)n1c(C)nc2ccccc21. The first-order valence-electron chi connectivity index (χ1n) is 6.21. The molecular formula is C14H20N2. The number of aromatic nitrogens is 2. The third-order valence-corrected chi connectivity index (χ3v) is 3.23. The average molecular weight is 216 g/mol. The molecule has 0 aliphatic carbocycles. The fourth-order valence-corrected chi connectivity index (χ4v) is 2.47. The number of nitrogens with zero attached hydrogens (tertiary/aromatic N) is 2. The van der Waals surface area contributed by atoms with Crippen LogP contribution >= 0.6 is 0 Å². The molecule has 0 amide bonds. The summed E-state index contributed by atoms with van der Waals surface area (Å²) >= 11 is 0. The molecule has 16 heavy (non-hydrogen) atoms. The van der Waals surface area contributed by atoms with Crippen LogP contribution in [0.5, 0.6) is 0 Å². The van der Waals surface area contributed by atoms with E-state index in [0.717, 1.165) is 11.3 Å². The summed E-state index contributed by atoms with van der Waals surface area (Å²) in [5.41, 5.74) is 2.40. The molecule has 1 aromatic heterocycles. The minimum atomic E-state index is 0.595. The van der Waals surface area contributed by atoms with Crippen molar-refractivity contribution in [3.05, 3.63) is 30.1 Å². The van der Waals surface area contributed by atoms with Gasteiger partial charge >= 0.3 is 0 Å². The quantitative estimate of drug-likeness (QED) is 0.752. The molecule has 0 N–H and O–H groups in total. The third kappa shape index (κ3) is 1.84. The average Bonchev–Trinajstić information content (AvgIpc) is 2.62. The molecule has 1 heterocycles. The van der Waals surface area contributed by atoms with E-state index in [1.165, 1.54) is 24.8 Å². The van der Waals surface area contributed by atoms with Crippen molar-refractivity contribution in [1.82, 2.24) is 9.55 Å². The minimum Gasteiger partial charge on any atom is -0.325 e. The molecule has 2 nitrogen and oxygen atoms in total. The summed E-state index contributed by atoms with van der Waals surface area (Å²) in [4.78, 5) is 4.63. The Hall–Kier alpha value is -1.31. The lowest BCUT2D eigenvalue weighted by Gasteiger charge is -2.18. The van der Waals surface area contributed by atoms with Crippen molar-refractivity contribution in [1.29, 1.82) is 0 Å². The molecule has 2 rings (SSSR count). The van der Waals surface area contributed by atoms with Gasteiger partial charge in [0.05, 0.1) is 11.0 Å². The van der Waals surface area contributed by atoms with Crippen LogP contribution in [0.3, 0.4) is 0 Å². The second kappa shape index (κ2) is 4.69. The molecule has 0 spiro atoms. The smallest absolute Gasteiger partial charge is 0.106 e. The Morgan fingerprint density at radius 1 is 1.25 bits per heavy atom. The van der Waals surface area contributed by atoms with Gasteiger partial charge in [0.25, 0.3) is 0 Å². The van der Waals surface area contributed by atoms with Crippen molar-refractivity contribution >= 4 is 11.0 Å². The molecule has 0 aliphatic heterocycles. The molecule has 1 aromatic carbocycles. The normalized spacial score (nSPS) is 13.2. The lowest BCUT2D eigenvalue weighted by atomic mass is 10.1. The lowest BCUT2D eigenvalue weighted by molar-refractivity contribution is 0.449. The standard InChI is InChI=1S/C14H20N2/c1-4-8-12(5-2)16-11(3)15-13-9-6-7-10-14(13)16/h6-7,9-10,12H,4-5,8H2,1-3H3. The maximum absolute atomic E-state index is 4.63. The van der Waals surface area contributed by atoms with E-state index in [0.29, 0.717) is 6.04 Å². The van der Waals surface area contributed by atoms with Gasteiger partial charge in [-0.3, -0.25) is 0 Å². The first-order valence-corrected chi connectivity index (χ1v) is 6.21. The second-order valence-electron chi connectivity index (χ2n) is 4.37. The van der Waals surface area contributed by atoms with Gasteiger partial charge in [-0.2, -0.15) is 0 Å². The Morgan fingerprint density at radius 3 is 2.69 bits per heavy atom. The number of aryl methyl sites for hydroxylation is 1. The fraction of sp³-hybridized carbons (Fsp3) is 0.500. The zero-order valence-corrected chi connectivity index (χ0v) is 10.4. The van der Waals surface area contributed by atoms with Gasteiger partial charge in [0, 0.05) is 6.04 Å². The first-order chi connectivity index (χ1) is 7.77. The number of rotatable bonds is 4. The lowest BCUT2D eigenvalue weighted by Crippen LogP contribution is -2.09. The molecular weight excluding hydrogens is 196 g/mol. The van der Waals surface area contributed by atoms with E-state index >= 15 is 0 Å². The summed E-state index contributed by atoms with van der Waals surface area (Å²) in [6, 6.07) is 9.02. The Bertz CT molecular complexity index is 471. The largest absolute Gasteiger partial charge is 0.325 e. The van der Waals surface area contributed by atoms with Gasteiger partial charge < -0.3 is 4.57 Å². The first kappa shape index (κ1) is 11.2. The van der Waals surface area contributed by atoms with Crippen LogP contribution in [0.15, 0.2) is 24.3 Å². The number of benzene rings is 1. The Labute approximate surface area is 97.3 Å². The van der Waals surface area contributed by atoms with Crippen molar-refractivity contribution in [2.75, 3.05) is 0 Å². The fourth-order valence-electron chi connectivity index (χ4n) is 2.47. The van der Waals surface area contributed by atoms with Gasteiger partial charge in [-0.05, 0) is 31.9 Å². The van der Waals surface area contributed by atoms with E-state index in [-0.39, 0.29) is 0 Å². The highest BCUT2D eigenvalue weighted by Gasteiger charge is 2.14. The van der Waals surface area contributed by atoms with Crippen molar-refractivity contribution in [2.45, 2.75) is 46.1 Å². The predicted molar refractivity (Wildman–Crippen MR) is 68.7 cm³/mol. The zero-order chi connectivity index (χ0) is 11.5. The van der Waals surface area contributed by atoms with Crippen LogP contribution < -0.4 is 0 Å². The van der Waals surface area contributed by atoms with Crippen LogP contribution in [0, 0.1) is 6.92 Å². The van der Waals surface area contributed by atoms with E-state index in [9.17, 15) is 0 Å². The summed E-state index contributed by atoms with van der Waals surface area (Å²) in [5.74, 6) is 1.14. The summed E-state index contributed by atoms with van der Waals surface area (Å²) in [6.07, 6.45) is 3.64. The van der Waals surface area contributed by atoms with Crippen LogP contribution in [0.2, 0.25) is 0 Å². The Kier molecular flexibility index (Phi) is 3.28. The maximum Gasteiger partial charge on any atom is 0.106 e. The topological polar surface area (TPSA) is 17.8 Å². The second-order valence-corrected chi connectivity index (χ2v) is 4.37. The zero-order valence-electron chi connectivity index (χ0n) is 10.4. The van der Waals surface area contributed by atoms with Crippen molar-refractivity contribution in [3.8, 4) is 0 Å². The van der Waals surface area contributed by atoms with Crippen LogP contribution in [0.1, 0.15) is 45.0 Å². The van der Waals surface area contributed by atoms with Gasteiger partial charge in [-0.15, -0.1) is 0 Å². The van der Waals surface area contributed by atoms with Gasteiger partial charge in [-0.25, -0.2) is 4.98 Å². The van der Waals surface area contributed by atoms with Crippen LogP contribution in [0.25, 0.3) is 11.0 Å². The van der Waals surface area contributed by atoms with Crippen LogP contribution in [0.4, 0.5) is 0 Å². The molecule has 0 radical (unpaired) electrons. The molecule has 0 saturated carbocycles. The van der Waals surface area contributed by atoms with E-state index < -0.39 is 0 Å². The van der Waals surface area contributed by atoms with Gasteiger partial charge in [-0.1, -0.05) is 32.4 Å². The Balaban J connectivity index is 2.53. The summed E-state index contributed by atoms with van der Waals surface area (Å²) in [7, 11) is 0. The van der Waals surface area contributed by atoms with E-state index in [2.05, 4.69) is 54.6 Å². The molecule has 86 valence electrons. The maximum atomic E-state index is 4.63. The highest BCUT2D eigenvalue weighted by atomic mass is 15.1. The molecule has 1 unspecified atom stereocenters. The highest BCUT2D eigenvalue weighted by molar-refractivity contribution is 5.76. The molecule has 1 atom stereocenters. The number of para-hydroxylation sites is 2. The summed E-state index contributed by atoms with van der Waals surface area (Å²) in [5, 5.41) is 0. The molecule has 0 bridgehead atoms. The molecule has 2 heteroatoms. The molecule has 2 aromatic rings. The number of hydrogen-bond acceptors (Lipinski definition) is 1. The Morgan fingerprint density at radius 2 is 2.00 bits per heavy atom. The number of imidazole rings is 1. The van der Waals surface area contributed by atoms with E-state index in [4.69, 9.17) is 0 Å². The van der Waals surface area contributed by atoms with Crippen LogP contribution in [-0.4, -0.2) is 9.55 Å². The van der Waals surface area contributed by atoms with Gasteiger partial charge in [0.1, 0.15) is 5.82 Å². The van der Waals surface area contributed by atoms with Gasteiger partial charge in [0.2, 0.25) is 0 Å². The summed E-state index contributed by atoms with van der Waals surface area (Å²) < 4.78 is 2.40. The number of hydrogen-bond donors (Lipinski definition) is 0. The predicted octanol–water partition coefficient (Wildman–Crippen LogP) is 4.10. The highest BCUT2D eigenvalue weighted by Crippen LogP contribution is 2.25. The third-order valence-electron chi connectivity index (χ3n) is 3.23. The monoisotopic (exact) mass is 216 g/mol. The van der Waals surface area contributed by atoms with E-state index in [1.54, 1.807) is 0 Å². The summed E-state index contributed by atoms with van der Waals surface area (Å²) in [6.45, 7) is 6.62. The van der Waals surface area contributed by atoms with Crippen molar-refractivity contribution in [3.63, 3.8) is 0 Å². The van der Waals surface area contributed by atoms with E-state index in [1.807, 2.05) is 0 Å². The molecule has 0 saturated heterocycles. The molecule has 0 aliphatic rings. The molecule has 0 fully saturated rings. The minimum absolute atomic E-state index is 0.595. The van der Waals surface area contributed by atoms with Gasteiger partial charge in [0.15, 0.2) is 0 Å². The van der Waals surface area contributed by atoms with Crippen LogP contribution in [-0.2, 0) is 0 Å².